The van der Waals surface area contributed by atoms with Gasteiger partial charge in [-0.05, 0) is 39.0 Å². The molecule has 2 heterocycles. The van der Waals surface area contributed by atoms with E-state index in [1.54, 1.807) is 7.11 Å². The maximum absolute atomic E-state index is 12.4. The van der Waals surface area contributed by atoms with E-state index < -0.39 is 0 Å². The second-order valence-electron chi connectivity index (χ2n) is 7.82. The van der Waals surface area contributed by atoms with E-state index in [9.17, 15) is 4.79 Å². The van der Waals surface area contributed by atoms with Gasteiger partial charge >= 0.3 is 0 Å². The zero-order chi connectivity index (χ0) is 18.1. The molecule has 3 rings (SSSR count). The van der Waals surface area contributed by atoms with Gasteiger partial charge in [0.05, 0.1) is 12.8 Å². The predicted octanol–water partition coefficient (Wildman–Crippen LogP) is 2.79. The third-order valence-electron chi connectivity index (χ3n) is 6.00. The highest BCUT2D eigenvalue weighted by molar-refractivity contribution is 5.81. The summed E-state index contributed by atoms with van der Waals surface area (Å²) in [5.41, 5.74) is 3.31. The van der Waals surface area contributed by atoms with Crippen molar-refractivity contribution < 1.29 is 9.53 Å². The van der Waals surface area contributed by atoms with Gasteiger partial charge < -0.3 is 9.64 Å². The lowest BCUT2D eigenvalue weighted by Gasteiger charge is -2.37. The Bertz CT molecular complexity index is 638. The number of piperidine rings is 1. The minimum absolute atomic E-state index is 0.287. The van der Waals surface area contributed by atoms with Crippen LogP contribution in [0.3, 0.4) is 0 Å². The van der Waals surface area contributed by atoms with Crippen LogP contribution < -0.4 is 4.74 Å². The zero-order valence-electron chi connectivity index (χ0n) is 16.2. The second kappa shape index (κ2) is 7.32. The van der Waals surface area contributed by atoms with Crippen LogP contribution in [0, 0.1) is 25.7 Å². The van der Waals surface area contributed by atoms with Crippen LogP contribution in [0.4, 0.5) is 0 Å². The first-order valence-corrected chi connectivity index (χ1v) is 9.40. The second-order valence-corrected chi connectivity index (χ2v) is 7.82. The van der Waals surface area contributed by atoms with Gasteiger partial charge in [-0.15, -0.1) is 0 Å². The average molecular weight is 345 g/mol. The van der Waals surface area contributed by atoms with Crippen LogP contribution in [0.2, 0.25) is 0 Å². The lowest BCUT2D eigenvalue weighted by molar-refractivity contribution is -0.134. The Kier molecular flexibility index (Phi) is 5.32. The topological polar surface area (TPSA) is 45.7 Å². The molecule has 2 fully saturated rings. The average Bonchev–Trinajstić information content (AvgIpc) is 3.34. The SMILES string of the molecule is COc1c(C)cnc(CN2CCC(N(C)C(=O)C3CC3C)CC2)c1C. The maximum Gasteiger partial charge on any atom is 0.225 e. The van der Waals surface area contributed by atoms with E-state index in [1.807, 2.05) is 25.1 Å². The van der Waals surface area contributed by atoms with E-state index in [0.717, 1.165) is 61.5 Å². The summed E-state index contributed by atoms with van der Waals surface area (Å²) >= 11 is 0. The summed E-state index contributed by atoms with van der Waals surface area (Å²) < 4.78 is 5.51. The van der Waals surface area contributed by atoms with E-state index in [0.29, 0.717) is 17.9 Å². The molecule has 1 saturated carbocycles. The van der Waals surface area contributed by atoms with Crippen LogP contribution in [0.5, 0.6) is 5.75 Å². The van der Waals surface area contributed by atoms with Crippen LogP contribution in [0.1, 0.15) is 43.0 Å². The van der Waals surface area contributed by atoms with Crippen molar-refractivity contribution in [3.8, 4) is 5.75 Å². The lowest BCUT2D eigenvalue weighted by Crippen LogP contribution is -2.46. The Hall–Kier alpha value is -1.62. The summed E-state index contributed by atoms with van der Waals surface area (Å²) in [6.07, 6.45) is 5.07. The predicted molar refractivity (Wildman–Crippen MR) is 98.6 cm³/mol. The summed E-state index contributed by atoms with van der Waals surface area (Å²) in [4.78, 5) is 21.5. The molecular formula is C20H31N3O2. The molecule has 0 N–H and O–H groups in total. The van der Waals surface area contributed by atoms with Gasteiger partial charge in [-0.1, -0.05) is 6.92 Å². The summed E-state index contributed by atoms with van der Waals surface area (Å²) in [6, 6.07) is 0.387. The van der Waals surface area contributed by atoms with Crippen molar-refractivity contribution in [2.45, 2.75) is 52.6 Å². The standard InChI is InChI=1S/C20H31N3O2/c1-13-10-17(13)20(24)22(4)16-6-8-23(9-7-16)12-18-15(3)19(25-5)14(2)11-21-18/h11,13,16-17H,6-10,12H2,1-5H3. The number of methoxy groups -OCH3 is 1. The molecule has 1 aromatic heterocycles. The molecule has 1 aliphatic carbocycles. The molecule has 2 unspecified atom stereocenters. The number of nitrogens with zero attached hydrogens (tertiary/aromatic N) is 3. The molecule has 5 nitrogen and oxygen atoms in total. The monoisotopic (exact) mass is 345 g/mol. The highest BCUT2D eigenvalue weighted by Gasteiger charge is 2.42. The molecule has 2 atom stereocenters. The Labute approximate surface area is 151 Å². The van der Waals surface area contributed by atoms with E-state index in [-0.39, 0.29) is 5.92 Å². The number of ether oxygens (including phenoxy) is 1. The Balaban J connectivity index is 1.55. The first-order valence-electron chi connectivity index (χ1n) is 9.40. The van der Waals surface area contributed by atoms with Gasteiger partial charge in [-0.25, -0.2) is 0 Å². The first-order chi connectivity index (χ1) is 11.9. The van der Waals surface area contributed by atoms with Gasteiger partial charge in [0, 0.05) is 56.0 Å². The first kappa shape index (κ1) is 18.2. The van der Waals surface area contributed by atoms with E-state index in [2.05, 4.69) is 23.7 Å². The molecule has 2 aliphatic rings. The number of aromatic nitrogens is 1. The van der Waals surface area contributed by atoms with E-state index >= 15 is 0 Å². The van der Waals surface area contributed by atoms with Gasteiger partial charge in [-0.3, -0.25) is 14.7 Å². The number of pyridine rings is 1. The quantitative estimate of drug-likeness (QED) is 0.823. The number of amides is 1. The third-order valence-corrected chi connectivity index (χ3v) is 6.00. The normalized spacial score (nSPS) is 24.2. The van der Waals surface area contributed by atoms with Gasteiger partial charge in [-0.2, -0.15) is 0 Å². The molecule has 0 spiro atoms. The molecule has 138 valence electrons. The Morgan fingerprint density at radius 3 is 2.56 bits per heavy atom. The number of likely N-dealkylation sites (tertiary alicyclic amines) is 1. The van der Waals surface area contributed by atoms with Gasteiger partial charge in [0.25, 0.3) is 0 Å². The highest BCUT2D eigenvalue weighted by Crippen LogP contribution is 2.39. The van der Waals surface area contributed by atoms with Crippen LogP contribution in [-0.2, 0) is 11.3 Å². The smallest absolute Gasteiger partial charge is 0.225 e. The summed E-state index contributed by atoms with van der Waals surface area (Å²) in [5.74, 6) is 2.17. The molecular weight excluding hydrogens is 314 g/mol. The molecule has 25 heavy (non-hydrogen) atoms. The lowest BCUT2D eigenvalue weighted by atomic mass is 10.0. The van der Waals surface area contributed by atoms with Gasteiger partial charge in [0.15, 0.2) is 0 Å². The van der Waals surface area contributed by atoms with E-state index in [1.165, 1.54) is 0 Å². The Morgan fingerprint density at radius 1 is 1.36 bits per heavy atom. The summed E-state index contributed by atoms with van der Waals surface area (Å²) in [5, 5.41) is 0. The minimum atomic E-state index is 0.287. The van der Waals surface area contributed by atoms with Crippen LogP contribution in [0.15, 0.2) is 6.20 Å². The third kappa shape index (κ3) is 3.81. The van der Waals surface area contributed by atoms with E-state index in [4.69, 9.17) is 4.74 Å². The fraction of sp³-hybridized carbons (Fsp3) is 0.700. The van der Waals surface area contributed by atoms with Gasteiger partial charge in [0.2, 0.25) is 5.91 Å². The van der Waals surface area contributed by atoms with Gasteiger partial charge in [0.1, 0.15) is 5.75 Å². The van der Waals surface area contributed by atoms with Crippen LogP contribution in [-0.4, -0.2) is 54.0 Å². The molecule has 1 amide bonds. The largest absolute Gasteiger partial charge is 0.496 e. The number of hydrogen-bond donors (Lipinski definition) is 0. The van der Waals surface area contributed by atoms with Crippen molar-refractivity contribution in [1.29, 1.82) is 0 Å². The Morgan fingerprint density at radius 2 is 2.00 bits per heavy atom. The van der Waals surface area contributed by atoms with Crippen LogP contribution >= 0.6 is 0 Å². The fourth-order valence-electron chi connectivity index (χ4n) is 4.01. The van der Waals surface area contributed by atoms with Crippen molar-refractivity contribution in [3.63, 3.8) is 0 Å². The molecule has 0 aromatic carbocycles. The number of hydrogen-bond acceptors (Lipinski definition) is 4. The molecule has 0 radical (unpaired) electrons. The zero-order valence-corrected chi connectivity index (χ0v) is 16.2. The van der Waals surface area contributed by atoms with Crippen molar-refractivity contribution in [1.82, 2.24) is 14.8 Å². The number of aryl methyl sites for hydroxylation is 1. The summed E-state index contributed by atoms with van der Waals surface area (Å²) in [7, 11) is 3.71. The number of carbonyl (C=O) groups is 1. The van der Waals surface area contributed by atoms with Crippen molar-refractivity contribution in [3.05, 3.63) is 23.0 Å². The molecule has 1 aliphatic heterocycles. The molecule has 0 bridgehead atoms. The maximum atomic E-state index is 12.4. The summed E-state index contributed by atoms with van der Waals surface area (Å²) in [6.45, 7) is 9.17. The van der Waals surface area contributed by atoms with Crippen molar-refractivity contribution in [2.75, 3.05) is 27.2 Å². The fourth-order valence-corrected chi connectivity index (χ4v) is 4.01. The minimum Gasteiger partial charge on any atom is -0.496 e. The number of rotatable bonds is 5. The molecule has 1 aromatic rings. The van der Waals surface area contributed by atoms with Crippen molar-refractivity contribution in [2.24, 2.45) is 11.8 Å². The number of carbonyl (C=O) groups excluding carboxylic acids is 1. The molecule has 5 heteroatoms. The highest BCUT2D eigenvalue weighted by atomic mass is 16.5. The van der Waals surface area contributed by atoms with Crippen molar-refractivity contribution >= 4 is 5.91 Å². The van der Waals surface area contributed by atoms with Crippen LogP contribution in [0.25, 0.3) is 0 Å². The molecule has 1 saturated heterocycles.